The molecule has 0 saturated heterocycles. The molecule has 0 radical (unpaired) electrons. The van der Waals surface area contributed by atoms with Crippen molar-refractivity contribution in [3.8, 4) is 0 Å². The van der Waals surface area contributed by atoms with Crippen molar-refractivity contribution in [3.63, 3.8) is 0 Å². The molecule has 0 amide bonds. The average Bonchev–Trinajstić information content (AvgIpc) is 2.71. The first kappa shape index (κ1) is 22.7. The number of sulfonamides is 1. The largest absolute Gasteiger partial charge is 0.376 e. The molecule has 1 heterocycles. The summed E-state index contributed by atoms with van der Waals surface area (Å²) < 4.78 is 34.0. The van der Waals surface area contributed by atoms with Crippen LogP contribution >= 0.6 is 0 Å². The topological polar surface area (TPSA) is 77.4 Å². The Bertz CT molecular complexity index is 980. The van der Waals surface area contributed by atoms with Crippen LogP contribution in [0.1, 0.15) is 55.7 Å². The van der Waals surface area contributed by atoms with Crippen molar-refractivity contribution >= 4 is 10.0 Å². The van der Waals surface area contributed by atoms with Crippen LogP contribution in [0.3, 0.4) is 0 Å². The maximum absolute atomic E-state index is 12.7. The predicted molar refractivity (Wildman–Crippen MR) is 119 cm³/mol. The van der Waals surface area contributed by atoms with Crippen molar-refractivity contribution in [2.75, 3.05) is 12.9 Å². The Kier molecular flexibility index (Phi) is 7.50. The van der Waals surface area contributed by atoms with Gasteiger partial charge in [0.05, 0.1) is 25.0 Å². The quantitative estimate of drug-likeness (QED) is 0.694. The maximum atomic E-state index is 12.7. The third kappa shape index (κ3) is 6.03. The highest BCUT2D eigenvalue weighted by Gasteiger charge is 2.27. The number of nitrogens with zero attached hydrogens (tertiary/aromatic N) is 1. The minimum absolute atomic E-state index is 0.124. The number of rotatable bonds is 8. The first-order valence-corrected chi connectivity index (χ1v) is 12.5. The second kappa shape index (κ2) is 9.90. The van der Waals surface area contributed by atoms with E-state index >= 15 is 0 Å². The molecular formula is C23H32N2O4S. The number of nitrogens with one attached hydrogen (secondary N) is 1. The van der Waals surface area contributed by atoms with Crippen molar-refractivity contribution < 1.29 is 13.2 Å². The van der Waals surface area contributed by atoms with Gasteiger partial charge in [-0.15, -0.1) is 0 Å². The Labute approximate surface area is 179 Å². The number of ether oxygens (including phenoxy) is 1. The molecule has 2 aromatic rings. The number of hydrogen-bond donors (Lipinski definition) is 1. The average molecular weight is 433 g/mol. The van der Waals surface area contributed by atoms with Gasteiger partial charge in [0.25, 0.3) is 5.56 Å². The molecule has 1 fully saturated rings. The highest BCUT2D eigenvalue weighted by molar-refractivity contribution is 7.88. The molecule has 1 aromatic carbocycles. The highest BCUT2D eigenvalue weighted by atomic mass is 32.2. The lowest BCUT2D eigenvalue weighted by molar-refractivity contribution is 0.00239. The summed E-state index contributed by atoms with van der Waals surface area (Å²) in [4.78, 5) is 12.7. The molecule has 164 valence electrons. The van der Waals surface area contributed by atoms with Gasteiger partial charge in [-0.1, -0.05) is 36.4 Å². The summed E-state index contributed by atoms with van der Waals surface area (Å²) in [7, 11) is -3.40. The fraction of sp³-hybridized carbons (Fsp3) is 0.522. The fourth-order valence-corrected chi connectivity index (χ4v) is 5.12. The minimum atomic E-state index is -3.40. The van der Waals surface area contributed by atoms with E-state index in [-0.39, 0.29) is 18.3 Å². The zero-order valence-corrected chi connectivity index (χ0v) is 18.8. The maximum Gasteiger partial charge on any atom is 0.253 e. The van der Waals surface area contributed by atoms with Gasteiger partial charge in [0, 0.05) is 17.8 Å². The third-order valence-electron chi connectivity index (χ3n) is 5.95. The summed E-state index contributed by atoms with van der Waals surface area (Å²) in [5.74, 6) is 0.562. The standard InChI is InChI=1S/C23H32N2O4S/c1-17-8-7-15-25(23(17)26)22(18(2)24-30(3,27)28)16-29-21-13-11-20(12-14-21)19-9-5-4-6-10-19/h4-10,15,18,20-22,24H,11-14,16H2,1-3H3/t18-,20?,21?,22+/m1/s1. The zero-order valence-electron chi connectivity index (χ0n) is 18.0. The summed E-state index contributed by atoms with van der Waals surface area (Å²) in [5, 5.41) is 0. The van der Waals surface area contributed by atoms with Crippen LogP contribution in [0.5, 0.6) is 0 Å². The molecule has 1 aliphatic carbocycles. The van der Waals surface area contributed by atoms with Crippen LogP contribution in [-0.4, -0.2) is 38.0 Å². The smallest absolute Gasteiger partial charge is 0.253 e. The van der Waals surface area contributed by atoms with Gasteiger partial charge in [-0.2, -0.15) is 0 Å². The van der Waals surface area contributed by atoms with E-state index in [0.717, 1.165) is 31.9 Å². The monoisotopic (exact) mass is 432 g/mol. The van der Waals surface area contributed by atoms with E-state index in [0.29, 0.717) is 11.5 Å². The molecule has 1 aliphatic rings. The van der Waals surface area contributed by atoms with Crippen LogP contribution in [0.25, 0.3) is 0 Å². The molecule has 2 atom stereocenters. The number of aryl methyl sites for hydroxylation is 1. The Morgan fingerprint density at radius 1 is 1.10 bits per heavy atom. The third-order valence-corrected chi connectivity index (χ3v) is 6.75. The van der Waals surface area contributed by atoms with Crippen LogP contribution in [0, 0.1) is 6.92 Å². The highest BCUT2D eigenvalue weighted by Crippen LogP contribution is 2.34. The Morgan fingerprint density at radius 2 is 1.77 bits per heavy atom. The first-order chi connectivity index (χ1) is 14.2. The number of aromatic nitrogens is 1. The molecule has 1 aromatic heterocycles. The van der Waals surface area contributed by atoms with E-state index < -0.39 is 22.1 Å². The Balaban J connectivity index is 1.67. The molecule has 6 nitrogen and oxygen atoms in total. The number of hydrogen-bond acceptors (Lipinski definition) is 4. The van der Waals surface area contributed by atoms with E-state index in [4.69, 9.17) is 4.74 Å². The SMILES string of the molecule is Cc1cccn([C@@H](COC2CCC(c3ccccc3)CC2)[C@@H](C)NS(C)(=O)=O)c1=O. The molecule has 1 saturated carbocycles. The van der Waals surface area contributed by atoms with Crippen molar-refractivity contribution in [2.45, 2.75) is 63.6 Å². The minimum Gasteiger partial charge on any atom is -0.376 e. The van der Waals surface area contributed by atoms with Crippen molar-refractivity contribution in [2.24, 2.45) is 0 Å². The lowest BCUT2D eigenvalue weighted by Gasteiger charge is -2.32. The summed E-state index contributed by atoms with van der Waals surface area (Å²) in [5.41, 5.74) is 1.88. The van der Waals surface area contributed by atoms with Gasteiger partial charge in [0.15, 0.2) is 0 Å². The second-order valence-electron chi connectivity index (χ2n) is 8.37. The summed E-state index contributed by atoms with van der Waals surface area (Å²) in [6.45, 7) is 3.82. The molecule has 0 bridgehead atoms. The van der Waals surface area contributed by atoms with Crippen LogP contribution in [0.15, 0.2) is 53.5 Å². The van der Waals surface area contributed by atoms with Crippen molar-refractivity contribution in [1.29, 1.82) is 0 Å². The summed E-state index contributed by atoms with van der Waals surface area (Å²) in [6, 6.07) is 13.3. The lowest BCUT2D eigenvalue weighted by Crippen LogP contribution is -2.44. The zero-order chi connectivity index (χ0) is 21.7. The van der Waals surface area contributed by atoms with Crippen LogP contribution in [0.2, 0.25) is 0 Å². The van der Waals surface area contributed by atoms with Gasteiger partial charge in [-0.05, 0) is 57.1 Å². The molecule has 1 N–H and O–H groups in total. The lowest BCUT2D eigenvalue weighted by atomic mass is 9.83. The molecule has 0 aliphatic heterocycles. The second-order valence-corrected chi connectivity index (χ2v) is 10.1. The van der Waals surface area contributed by atoms with E-state index in [1.165, 1.54) is 5.56 Å². The van der Waals surface area contributed by atoms with E-state index in [9.17, 15) is 13.2 Å². The van der Waals surface area contributed by atoms with Crippen molar-refractivity contribution in [1.82, 2.24) is 9.29 Å². The summed E-state index contributed by atoms with van der Waals surface area (Å²) in [6.07, 6.45) is 7.02. The summed E-state index contributed by atoms with van der Waals surface area (Å²) >= 11 is 0. The molecule has 3 rings (SSSR count). The van der Waals surface area contributed by atoms with Gasteiger partial charge < -0.3 is 9.30 Å². The normalized spacial score (nSPS) is 21.8. The Hall–Kier alpha value is -1.96. The van der Waals surface area contributed by atoms with E-state index in [1.54, 1.807) is 30.7 Å². The van der Waals surface area contributed by atoms with Gasteiger partial charge in [0.1, 0.15) is 0 Å². The number of benzene rings is 1. The first-order valence-electron chi connectivity index (χ1n) is 10.6. The van der Waals surface area contributed by atoms with E-state index in [1.807, 2.05) is 12.1 Å². The molecule has 30 heavy (non-hydrogen) atoms. The van der Waals surface area contributed by atoms with Crippen LogP contribution < -0.4 is 10.3 Å². The van der Waals surface area contributed by atoms with Gasteiger partial charge in [0.2, 0.25) is 10.0 Å². The fourth-order valence-electron chi connectivity index (χ4n) is 4.29. The van der Waals surface area contributed by atoms with Gasteiger partial charge in [-0.25, -0.2) is 13.1 Å². The van der Waals surface area contributed by atoms with Crippen LogP contribution in [-0.2, 0) is 14.8 Å². The molecule has 0 spiro atoms. The van der Waals surface area contributed by atoms with Crippen molar-refractivity contribution in [3.05, 3.63) is 70.1 Å². The predicted octanol–water partition coefficient (Wildman–Crippen LogP) is 3.38. The van der Waals surface area contributed by atoms with Crippen LogP contribution in [0.4, 0.5) is 0 Å². The van der Waals surface area contributed by atoms with Gasteiger partial charge in [-0.3, -0.25) is 4.79 Å². The Morgan fingerprint density at radius 3 is 2.40 bits per heavy atom. The van der Waals surface area contributed by atoms with Gasteiger partial charge >= 0.3 is 0 Å². The molecule has 7 heteroatoms. The number of pyridine rings is 1. The van der Waals surface area contributed by atoms with E-state index in [2.05, 4.69) is 29.0 Å². The molecule has 0 unspecified atom stereocenters. The molecular weight excluding hydrogens is 400 g/mol.